The van der Waals surface area contributed by atoms with Crippen LogP contribution in [0.3, 0.4) is 0 Å². The number of halogens is 2. The van der Waals surface area contributed by atoms with E-state index in [4.69, 9.17) is 0 Å². The normalized spacial score (nSPS) is 10.3. The summed E-state index contributed by atoms with van der Waals surface area (Å²) in [6.07, 6.45) is 1.95. The Hall–Kier alpha value is -1.33. The van der Waals surface area contributed by atoms with E-state index in [1.165, 1.54) is 12.1 Å². The Bertz CT molecular complexity index is 618. The predicted molar refractivity (Wildman–Crippen MR) is 80.3 cm³/mol. The van der Waals surface area contributed by atoms with Gasteiger partial charge in [0, 0.05) is 15.1 Å². The molecule has 0 heterocycles. The van der Waals surface area contributed by atoms with Crippen LogP contribution in [-0.4, -0.2) is 12.2 Å². The van der Waals surface area contributed by atoms with Crippen molar-refractivity contribution in [2.24, 2.45) is 0 Å². The monoisotopic (exact) mass is 339 g/mol. The highest BCUT2D eigenvalue weighted by Crippen LogP contribution is 2.20. The number of carbonyl (C=O) groups is 1. The molecule has 19 heavy (non-hydrogen) atoms. The molecule has 0 saturated heterocycles. The van der Waals surface area contributed by atoms with Crippen LogP contribution in [0.25, 0.3) is 0 Å². The number of hydrogen-bond acceptors (Lipinski definition) is 2. The minimum Gasteiger partial charge on any atom is -0.322 e. The van der Waals surface area contributed by atoms with E-state index in [2.05, 4.69) is 21.2 Å². The number of amides is 1. The standard InChI is InChI=1S/C14H11BrFNOS/c1-19-11-4-2-3-10(8-11)17-14(18)12-6-5-9(15)7-13(12)16/h2-8H,1H3,(H,17,18). The first-order chi connectivity index (χ1) is 9.10. The average Bonchev–Trinajstić information content (AvgIpc) is 2.38. The average molecular weight is 340 g/mol. The molecule has 2 rings (SSSR count). The minimum atomic E-state index is -0.548. The van der Waals surface area contributed by atoms with Gasteiger partial charge in [0.2, 0.25) is 0 Å². The lowest BCUT2D eigenvalue weighted by Crippen LogP contribution is -2.13. The van der Waals surface area contributed by atoms with Gasteiger partial charge in [-0.15, -0.1) is 11.8 Å². The zero-order chi connectivity index (χ0) is 13.8. The van der Waals surface area contributed by atoms with Crippen molar-refractivity contribution in [3.8, 4) is 0 Å². The highest BCUT2D eigenvalue weighted by Gasteiger charge is 2.12. The summed E-state index contributed by atoms with van der Waals surface area (Å²) in [6.45, 7) is 0. The maximum Gasteiger partial charge on any atom is 0.258 e. The van der Waals surface area contributed by atoms with Gasteiger partial charge < -0.3 is 5.32 Å². The van der Waals surface area contributed by atoms with Crippen molar-refractivity contribution in [3.05, 3.63) is 58.3 Å². The Morgan fingerprint density at radius 1 is 1.26 bits per heavy atom. The molecule has 0 aromatic heterocycles. The van der Waals surface area contributed by atoms with E-state index in [-0.39, 0.29) is 5.56 Å². The summed E-state index contributed by atoms with van der Waals surface area (Å²) in [6, 6.07) is 11.8. The molecule has 98 valence electrons. The molecule has 0 atom stereocenters. The van der Waals surface area contributed by atoms with Gasteiger partial charge in [-0.25, -0.2) is 4.39 Å². The SMILES string of the molecule is CSc1cccc(NC(=O)c2ccc(Br)cc2F)c1. The fraction of sp³-hybridized carbons (Fsp3) is 0.0714. The van der Waals surface area contributed by atoms with Gasteiger partial charge in [-0.2, -0.15) is 0 Å². The Balaban J connectivity index is 2.20. The molecule has 5 heteroatoms. The van der Waals surface area contributed by atoms with Gasteiger partial charge in [0.25, 0.3) is 5.91 Å². The van der Waals surface area contributed by atoms with Crippen LogP contribution in [0, 0.1) is 5.82 Å². The third-order valence-electron chi connectivity index (χ3n) is 2.50. The zero-order valence-electron chi connectivity index (χ0n) is 10.1. The quantitative estimate of drug-likeness (QED) is 0.830. The molecule has 0 spiro atoms. The van der Waals surface area contributed by atoms with E-state index >= 15 is 0 Å². The molecular weight excluding hydrogens is 329 g/mol. The number of benzene rings is 2. The van der Waals surface area contributed by atoms with Crippen LogP contribution in [0.4, 0.5) is 10.1 Å². The number of nitrogens with one attached hydrogen (secondary N) is 1. The lowest BCUT2D eigenvalue weighted by molar-refractivity contribution is 0.102. The summed E-state index contributed by atoms with van der Waals surface area (Å²) in [5, 5.41) is 2.69. The number of thioether (sulfide) groups is 1. The first kappa shape index (κ1) is 14.1. The molecule has 1 amide bonds. The van der Waals surface area contributed by atoms with E-state index in [1.54, 1.807) is 23.9 Å². The van der Waals surface area contributed by atoms with E-state index in [9.17, 15) is 9.18 Å². The molecule has 0 radical (unpaired) electrons. The summed E-state index contributed by atoms with van der Waals surface area (Å²) in [5.74, 6) is -1.00. The molecule has 2 aromatic rings. The van der Waals surface area contributed by atoms with Gasteiger partial charge in [0.05, 0.1) is 5.56 Å². The Kier molecular flexibility index (Phi) is 4.61. The number of hydrogen-bond donors (Lipinski definition) is 1. The van der Waals surface area contributed by atoms with Gasteiger partial charge in [-0.1, -0.05) is 22.0 Å². The molecular formula is C14H11BrFNOS. The van der Waals surface area contributed by atoms with Gasteiger partial charge in [-0.3, -0.25) is 4.79 Å². The molecule has 0 saturated carbocycles. The van der Waals surface area contributed by atoms with Crippen LogP contribution < -0.4 is 5.32 Å². The van der Waals surface area contributed by atoms with Crippen molar-refractivity contribution in [2.45, 2.75) is 4.90 Å². The lowest BCUT2D eigenvalue weighted by atomic mass is 10.2. The first-order valence-electron chi connectivity index (χ1n) is 5.50. The summed E-state index contributed by atoms with van der Waals surface area (Å²) in [4.78, 5) is 13.0. The number of rotatable bonds is 3. The van der Waals surface area contributed by atoms with E-state index < -0.39 is 11.7 Å². The van der Waals surface area contributed by atoms with Crippen LogP contribution in [0.2, 0.25) is 0 Å². The van der Waals surface area contributed by atoms with Crippen LogP contribution >= 0.6 is 27.7 Å². The minimum absolute atomic E-state index is 0.0257. The summed E-state index contributed by atoms with van der Waals surface area (Å²) in [7, 11) is 0. The highest BCUT2D eigenvalue weighted by molar-refractivity contribution is 9.10. The zero-order valence-corrected chi connectivity index (χ0v) is 12.5. The summed E-state index contributed by atoms with van der Waals surface area (Å²) < 4.78 is 14.3. The van der Waals surface area contributed by atoms with Crippen LogP contribution in [0.15, 0.2) is 51.8 Å². The largest absolute Gasteiger partial charge is 0.322 e. The van der Waals surface area contributed by atoms with Gasteiger partial charge in [0.1, 0.15) is 5.82 Å². The Morgan fingerprint density at radius 2 is 2.05 bits per heavy atom. The van der Waals surface area contributed by atoms with Crippen molar-refractivity contribution in [3.63, 3.8) is 0 Å². The van der Waals surface area contributed by atoms with Crippen LogP contribution in [0.1, 0.15) is 10.4 Å². The van der Waals surface area contributed by atoms with Crippen molar-refractivity contribution < 1.29 is 9.18 Å². The fourth-order valence-corrected chi connectivity index (χ4v) is 2.37. The van der Waals surface area contributed by atoms with Crippen molar-refractivity contribution >= 4 is 39.3 Å². The maximum atomic E-state index is 13.7. The second-order valence-corrected chi connectivity index (χ2v) is 5.61. The topological polar surface area (TPSA) is 29.1 Å². The molecule has 0 unspecified atom stereocenters. The summed E-state index contributed by atoms with van der Waals surface area (Å²) in [5.41, 5.74) is 0.678. The van der Waals surface area contributed by atoms with Gasteiger partial charge >= 0.3 is 0 Å². The predicted octanol–water partition coefficient (Wildman–Crippen LogP) is 4.56. The smallest absolute Gasteiger partial charge is 0.258 e. The van der Waals surface area contributed by atoms with Crippen LogP contribution in [-0.2, 0) is 0 Å². The van der Waals surface area contributed by atoms with Crippen molar-refractivity contribution in [1.29, 1.82) is 0 Å². The van der Waals surface area contributed by atoms with Crippen LogP contribution in [0.5, 0.6) is 0 Å². The van der Waals surface area contributed by atoms with Gasteiger partial charge in [-0.05, 0) is 42.7 Å². The Morgan fingerprint density at radius 3 is 2.74 bits per heavy atom. The van der Waals surface area contributed by atoms with Gasteiger partial charge in [0.15, 0.2) is 0 Å². The maximum absolute atomic E-state index is 13.7. The van der Waals surface area contributed by atoms with E-state index in [0.717, 1.165) is 4.90 Å². The first-order valence-corrected chi connectivity index (χ1v) is 7.52. The molecule has 2 aromatic carbocycles. The number of anilines is 1. The molecule has 0 aliphatic carbocycles. The second kappa shape index (κ2) is 6.21. The molecule has 0 fully saturated rings. The lowest BCUT2D eigenvalue weighted by Gasteiger charge is -2.07. The Labute approximate surface area is 123 Å². The van der Waals surface area contributed by atoms with Crippen molar-refractivity contribution in [2.75, 3.05) is 11.6 Å². The molecule has 1 N–H and O–H groups in total. The summed E-state index contributed by atoms with van der Waals surface area (Å²) >= 11 is 4.74. The van der Waals surface area contributed by atoms with E-state index in [1.807, 2.05) is 24.5 Å². The third kappa shape index (κ3) is 3.58. The fourth-order valence-electron chi connectivity index (χ4n) is 1.57. The number of carbonyl (C=O) groups excluding carboxylic acids is 1. The second-order valence-electron chi connectivity index (χ2n) is 3.81. The van der Waals surface area contributed by atoms with Crippen molar-refractivity contribution in [1.82, 2.24) is 0 Å². The molecule has 0 aliphatic heterocycles. The third-order valence-corrected chi connectivity index (χ3v) is 3.72. The molecule has 2 nitrogen and oxygen atoms in total. The molecule has 0 bridgehead atoms. The highest BCUT2D eigenvalue weighted by atomic mass is 79.9. The molecule has 0 aliphatic rings. The van der Waals surface area contributed by atoms with E-state index in [0.29, 0.717) is 10.2 Å².